The van der Waals surface area contributed by atoms with Crippen LogP contribution in [0.5, 0.6) is 0 Å². The van der Waals surface area contributed by atoms with Gasteiger partial charge in [0.05, 0.1) is 9.50 Å². The summed E-state index contributed by atoms with van der Waals surface area (Å²) in [6.45, 7) is 0. The van der Waals surface area contributed by atoms with E-state index in [0.717, 1.165) is 8.95 Å². The van der Waals surface area contributed by atoms with Gasteiger partial charge in [0.15, 0.2) is 0 Å². The third-order valence-corrected chi connectivity index (χ3v) is 3.71. The van der Waals surface area contributed by atoms with Crippen LogP contribution in [0.1, 0.15) is 0 Å². The lowest BCUT2D eigenvalue weighted by atomic mass is 10.4. The van der Waals surface area contributed by atoms with Crippen molar-refractivity contribution in [1.82, 2.24) is 0 Å². The lowest BCUT2D eigenvalue weighted by molar-refractivity contribution is 1.59. The van der Waals surface area contributed by atoms with Crippen molar-refractivity contribution in [2.24, 2.45) is 0 Å². The summed E-state index contributed by atoms with van der Waals surface area (Å²) in [5.41, 5.74) is 0. The second-order valence-electron chi connectivity index (χ2n) is 1.68. The maximum absolute atomic E-state index is 5.76. The average Bonchev–Trinajstić information content (AvgIpc) is 1.82. The molecular weight excluding hydrogens is 303 g/mol. The maximum Gasteiger partial charge on any atom is 0.0574 e. The van der Waals surface area contributed by atoms with Crippen LogP contribution in [0.4, 0.5) is 0 Å². The van der Waals surface area contributed by atoms with E-state index in [1.54, 1.807) is 12.1 Å². The molecule has 0 atom stereocenters. The van der Waals surface area contributed by atoms with E-state index in [1.807, 2.05) is 0 Å². The fraction of sp³-hybridized carbons (Fsp3) is 0. The molecule has 0 amide bonds. The smallest absolute Gasteiger partial charge is 0.0574 e. The lowest BCUT2D eigenvalue weighted by Gasteiger charge is -1.98. The normalized spacial score (nSPS) is 10.0. The van der Waals surface area contributed by atoms with Crippen LogP contribution in [-0.2, 0) is 0 Å². The Morgan fingerprint density at radius 1 is 1.10 bits per heavy atom. The molecule has 1 rings (SSSR count). The Bertz CT molecular complexity index is 237. The van der Waals surface area contributed by atoms with Crippen LogP contribution >= 0.6 is 55.1 Å². The molecule has 10 heavy (non-hydrogen) atoms. The third kappa shape index (κ3) is 1.88. The summed E-state index contributed by atoms with van der Waals surface area (Å²) in [5.74, 6) is 0. The van der Waals surface area contributed by atoms with E-state index < -0.39 is 0 Å². The lowest BCUT2D eigenvalue weighted by Crippen LogP contribution is -1.71. The first-order chi connectivity index (χ1) is 4.61. The average molecular weight is 305 g/mol. The zero-order chi connectivity index (χ0) is 7.72. The van der Waals surface area contributed by atoms with Gasteiger partial charge in [-0.2, -0.15) is 0 Å². The molecular formula is C6H2Br2Cl2. The van der Waals surface area contributed by atoms with Gasteiger partial charge >= 0.3 is 0 Å². The van der Waals surface area contributed by atoms with Crippen molar-refractivity contribution in [3.05, 3.63) is 31.1 Å². The number of hydrogen-bond acceptors (Lipinski definition) is 0. The topological polar surface area (TPSA) is 0 Å². The summed E-state index contributed by atoms with van der Waals surface area (Å²) in [5, 5.41) is 1.24. The van der Waals surface area contributed by atoms with E-state index in [9.17, 15) is 0 Å². The second-order valence-corrected chi connectivity index (χ2v) is 4.17. The molecule has 0 unspecified atom stereocenters. The highest BCUT2D eigenvalue weighted by molar-refractivity contribution is 9.13. The molecule has 0 radical (unpaired) electrons. The van der Waals surface area contributed by atoms with Crippen molar-refractivity contribution in [3.63, 3.8) is 0 Å². The Hall–Kier alpha value is 0.760. The van der Waals surface area contributed by atoms with Crippen LogP contribution in [0.15, 0.2) is 21.1 Å². The minimum Gasteiger partial charge on any atom is -0.0842 e. The highest BCUT2D eigenvalue weighted by atomic mass is 79.9. The van der Waals surface area contributed by atoms with Crippen molar-refractivity contribution < 1.29 is 0 Å². The number of halogens is 4. The first-order valence-electron chi connectivity index (χ1n) is 2.41. The van der Waals surface area contributed by atoms with Gasteiger partial charge in [-0.3, -0.25) is 0 Å². The summed E-state index contributed by atoms with van der Waals surface area (Å²) in [6, 6.07) is 3.45. The van der Waals surface area contributed by atoms with Gasteiger partial charge in [0.2, 0.25) is 0 Å². The molecule has 0 saturated carbocycles. The van der Waals surface area contributed by atoms with Crippen LogP contribution in [0, 0.1) is 0 Å². The molecule has 0 heterocycles. The molecule has 0 fully saturated rings. The van der Waals surface area contributed by atoms with E-state index in [4.69, 9.17) is 23.2 Å². The molecule has 0 bridgehead atoms. The predicted octanol–water partition coefficient (Wildman–Crippen LogP) is 4.52. The Kier molecular flexibility index (Phi) is 3.04. The zero-order valence-corrected chi connectivity index (χ0v) is 9.35. The molecule has 4 heteroatoms. The molecule has 0 N–H and O–H groups in total. The molecule has 54 valence electrons. The maximum atomic E-state index is 5.76. The van der Waals surface area contributed by atoms with Gasteiger partial charge in [0.25, 0.3) is 0 Å². The van der Waals surface area contributed by atoms with E-state index >= 15 is 0 Å². The van der Waals surface area contributed by atoms with Crippen LogP contribution in [0.3, 0.4) is 0 Å². The fourth-order valence-corrected chi connectivity index (χ4v) is 1.95. The zero-order valence-electron chi connectivity index (χ0n) is 4.67. The standard InChI is InChI=1S/C6H2Br2Cl2/c7-4-1-3(9)2-5(10)6(4)8/h1-2H. The van der Waals surface area contributed by atoms with Gasteiger partial charge < -0.3 is 0 Å². The fourth-order valence-electron chi connectivity index (χ4n) is 0.525. The van der Waals surface area contributed by atoms with Gasteiger partial charge in [-0.25, -0.2) is 0 Å². The molecule has 0 saturated heterocycles. The van der Waals surface area contributed by atoms with Crippen molar-refractivity contribution >= 4 is 55.1 Å². The van der Waals surface area contributed by atoms with Gasteiger partial charge in [-0.1, -0.05) is 23.2 Å². The molecule has 0 spiro atoms. The van der Waals surface area contributed by atoms with Gasteiger partial charge in [0.1, 0.15) is 0 Å². The molecule has 0 aromatic heterocycles. The van der Waals surface area contributed by atoms with Crippen molar-refractivity contribution in [2.75, 3.05) is 0 Å². The SMILES string of the molecule is Clc1cc(Cl)c(Br)c(Br)c1. The van der Waals surface area contributed by atoms with Crippen molar-refractivity contribution in [2.45, 2.75) is 0 Å². The van der Waals surface area contributed by atoms with Crippen molar-refractivity contribution in [3.8, 4) is 0 Å². The van der Waals surface area contributed by atoms with Gasteiger partial charge in [0, 0.05) is 9.50 Å². The van der Waals surface area contributed by atoms with Gasteiger partial charge in [-0.05, 0) is 44.0 Å². The first-order valence-corrected chi connectivity index (χ1v) is 4.75. The molecule has 0 aliphatic heterocycles. The quantitative estimate of drug-likeness (QED) is 0.488. The Balaban J connectivity index is 3.31. The minimum atomic E-state index is 0.611. The van der Waals surface area contributed by atoms with Crippen LogP contribution < -0.4 is 0 Å². The second kappa shape index (κ2) is 3.44. The summed E-state index contributed by atoms with van der Waals surface area (Å²) in [7, 11) is 0. The molecule has 1 aromatic carbocycles. The monoisotopic (exact) mass is 302 g/mol. The number of hydrogen-bond donors (Lipinski definition) is 0. The molecule has 0 nitrogen and oxygen atoms in total. The summed E-state index contributed by atoms with van der Waals surface area (Å²) >= 11 is 18.0. The summed E-state index contributed by atoms with van der Waals surface area (Å²) in [6.07, 6.45) is 0. The molecule has 0 aliphatic rings. The Morgan fingerprint density at radius 2 is 1.70 bits per heavy atom. The first kappa shape index (κ1) is 8.85. The van der Waals surface area contributed by atoms with Crippen molar-refractivity contribution in [1.29, 1.82) is 0 Å². The Labute approximate surface area is 85.8 Å². The highest BCUT2D eigenvalue weighted by Crippen LogP contribution is 2.33. The third-order valence-electron chi connectivity index (χ3n) is 0.949. The minimum absolute atomic E-state index is 0.611. The van der Waals surface area contributed by atoms with E-state index in [0.29, 0.717) is 10.0 Å². The number of rotatable bonds is 0. The van der Waals surface area contributed by atoms with Crippen LogP contribution in [0.2, 0.25) is 10.0 Å². The largest absolute Gasteiger partial charge is 0.0842 e. The summed E-state index contributed by atoms with van der Waals surface area (Å²) < 4.78 is 1.70. The summed E-state index contributed by atoms with van der Waals surface area (Å²) in [4.78, 5) is 0. The van der Waals surface area contributed by atoms with Crippen LogP contribution in [-0.4, -0.2) is 0 Å². The number of benzene rings is 1. The van der Waals surface area contributed by atoms with Crippen LogP contribution in [0.25, 0.3) is 0 Å². The van der Waals surface area contributed by atoms with Gasteiger partial charge in [-0.15, -0.1) is 0 Å². The Morgan fingerprint density at radius 3 is 2.20 bits per heavy atom. The molecule has 0 aliphatic carbocycles. The van der Waals surface area contributed by atoms with E-state index in [2.05, 4.69) is 31.9 Å². The predicted molar refractivity (Wildman–Crippen MR) is 51.9 cm³/mol. The van der Waals surface area contributed by atoms with E-state index in [-0.39, 0.29) is 0 Å². The molecule has 1 aromatic rings. The highest BCUT2D eigenvalue weighted by Gasteiger charge is 2.02. The van der Waals surface area contributed by atoms with E-state index in [1.165, 1.54) is 0 Å².